The molecule has 6 rings (SSSR count). The van der Waals surface area contributed by atoms with Crippen LogP contribution in [0.5, 0.6) is 0 Å². The molecular formula is C36H44Cl2HfSi-2. The molecule has 0 aromatic heterocycles. The summed E-state index contributed by atoms with van der Waals surface area (Å²) in [5.41, 5.74) is 12.6. The second-order valence-electron chi connectivity index (χ2n) is 11.1. The van der Waals surface area contributed by atoms with Crippen LogP contribution in [0.15, 0.2) is 84.9 Å². The van der Waals surface area contributed by atoms with Gasteiger partial charge in [0, 0.05) is 0 Å². The zero-order valence-corrected chi connectivity index (χ0v) is 30.8. The fourth-order valence-corrected chi connectivity index (χ4v) is 6.14. The van der Waals surface area contributed by atoms with Crippen LogP contribution in [0.3, 0.4) is 0 Å². The molecule has 4 aromatic carbocycles. The van der Waals surface area contributed by atoms with Gasteiger partial charge in [0.1, 0.15) is 0 Å². The van der Waals surface area contributed by atoms with Crippen LogP contribution in [0.1, 0.15) is 95.9 Å². The van der Waals surface area contributed by atoms with Gasteiger partial charge >= 0.3 is 41.6 Å². The summed E-state index contributed by atoms with van der Waals surface area (Å²) in [6, 6.07) is 31.7. The predicted octanol–water partition coefficient (Wildman–Crippen LogP) is 3.66. The van der Waals surface area contributed by atoms with Crippen molar-refractivity contribution in [3.05, 3.63) is 129 Å². The van der Waals surface area contributed by atoms with E-state index in [0.29, 0.717) is 11.8 Å². The fraction of sp³-hybridized carbons (Fsp3) is 0.389. The molecule has 2 aliphatic carbocycles. The Morgan fingerprint density at radius 3 is 1.35 bits per heavy atom. The van der Waals surface area contributed by atoms with Gasteiger partial charge in [-0.3, -0.25) is 0 Å². The van der Waals surface area contributed by atoms with E-state index in [-0.39, 0.29) is 30.3 Å². The summed E-state index contributed by atoms with van der Waals surface area (Å²) >= 11 is 1.45. The summed E-state index contributed by atoms with van der Waals surface area (Å²) in [5, 5.41) is 0. The Labute approximate surface area is 271 Å². The Balaban J connectivity index is 0.000000237. The molecule has 0 bridgehead atoms. The van der Waals surface area contributed by atoms with Crippen molar-refractivity contribution in [2.75, 3.05) is 0 Å². The van der Waals surface area contributed by atoms with Gasteiger partial charge in [0.15, 0.2) is 0 Å². The third-order valence-electron chi connectivity index (χ3n) is 7.99. The molecule has 0 amide bonds. The first kappa shape index (κ1) is 35.0. The van der Waals surface area contributed by atoms with E-state index in [0.717, 1.165) is 12.8 Å². The fourth-order valence-electron chi connectivity index (χ4n) is 6.14. The number of hydrogen-bond acceptors (Lipinski definition) is 0. The summed E-state index contributed by atoms with van der Waals surface area (Å²) in [5.74, 6) is 1.28. The van der Waals surface area contributed by atoms with Crippen LogP contribution in [-0.4, -0.2) is 5.49 Å². The standard InChI is InChI=1S/2C17H19.C2H6Si.2ClH.Hf/c2*1-2-13-11-15-9-6-10-16(17(15)12-13)14-7-4-3-5-8-14;1-3-2;;;/h2*3-5,7-8,11-12,16H,2,6,9-10H2,1H3;1-2H3;2*1H;/q2*-1;;;;+2/p-2. The van der Waals surface area contributed by atoms with Crippen molar-refractivity contribution in [2.45, 2.75) is 90.1 Å². The van der Waals surface area contributed by atoms with Gasteiger partial charge in [-0.1, -0.05) is 137 Å². The van der Waals surface area contributed by atoms with E-state index in [1.807, 2.05) is 0 Å². The van der Waals surface area contributed by atoms with Crippen LogP contribution in [0.25, 0.3) is 0 Å². The van der Waals surface area contributed by atoms with Crippen molar-refractivity contribution in [3.8, 4) is 0 Å². The second-order valence-corrected chi connectivity index (χ2v) is 23.9. The SMILES string of the molecule is CCc1cc2c([cH-]1)CCCC2c1ccccc1.CCc1cc2c([cH-]1)CCCC2c1ccccc1.C[Si](C)=[Hf+2].[Cl-].[Cl-]. The molecule has 212 valence electrons. The van der Waals surface area contributed by atoms with Crippen molar-refractivity contribution in [1.29, 1.82) is 0 Å². The van der Waals surface area contributed by atoms with E-state index in [4.69, 9.17) is 0 Å². The van der Waals surface area contributed by atoms with Gasteiger partial charge in [-0.15, -0.1) is 0 Å². The second kappa shape index (κ2) is 17.7. The molecule has 0 saturated heterocycles. The van der Waals surface area contributed by atoms with E-state index in [1.165, 1.54) is 83.8 Å². The van der Waals surface area contributed by atoms with E-state index in [9.17, 15) is 0 Å². The molecule has 0 fully saturated rings. The minimum atomic E-state index is 0. The quantitative estimate of drug-likeness (QED) is 0.221. The molecule has 0 heterocycles. The van der Waals surface area contributed by atoms with Crippen molar-refractivity contribution in [3.63, 3.8) is 0 Å². The van der Waals surface area contributed by atoms with Crippen molar-refractivity contribution in [1.82, 2.24) is 0 Å². The van der Waals surface area contributed by atoms with Gasteiger partial charge in [0.05, 0.1) is 0 Å². The number of aryl methyl sites for hydroxylation is 4. The molecule has 0 spiro atoms. The zero-order chi connectivity index (χ0) is 26.9. The average Bonchev–Trinajstić information content (AvgIpc) is 3.58. The van der Waals surface area contributed by atoms with Gasteiger partial charge in [-0.25, -0.2) is 12.1 Å². The first-order chi connectivity index (χ1) is 18.5. The summed E-state index contributed by atoms with van der Waals surface area (Å²) in [6.45, 7) is 9.16. The summed E-state index contributed by atoms with van der Waals surface area (Å²) < 4.78 is 0. The molecule has 0 radical (unpaired) electrons. The van der Waals surface area contributed by atoms with E-state index in [1.54, 1.807) is 22.3 Å². The number of rotatable bonds is 4. The molecule has 0 nitrogen and oxygen atoms in total. The number of fused-ring (bicyclic) bond motifs is 2. The maximum Gasteiger partial charge on any atom is -1.00 e. The van der Waals surface area contributed by atoms with Crippen molar-refractivity contribution in [2.24, 2.45) is 0 Å². The Kier molecular flexibility index (Phi) is 15.5. The van der Waals surface area contributed by atoms with E-state index >= 15 is 0 Å². The van der Waals surface area contributed by atoms with Crippen LogP contribution in [0.2, 0.25) is 13.1 Å². The van der Waals surface area contributed by atoms with Gasteiger partial charge < -0.3 is 24.8 Å². The molecule has 0 saturated carbocycles. The first-order valence-corrected chi connectivity index (χ1v) is 22.6. The zero-order valence-electron chi connectivity index (χ0n) is 24.7. The maximum absolute atomic E-state index is 2.44. The van der Waals surface area contributed by atoms with E-state index < -0.39 is 0 Å². The Bertz CT molecular complexity index is 1190. The van der Waals surface area contributed by atoms with E-state index in [2.05, 4.69) is 112 Å². The number of halogens is 2. The Morgan fingerprint density at radius 1 is 0.675 bits per heavy atom. The number of hydrogen-bond donors (Lipinski definition) is 0. The molecular weight excluding hydrogens is 710 g/mol. The normalized spacial score (nSPS) is 16.9. The Morgan fingerprint density at radius 2 is 1.02 bits per heavy atom. The average molecular weight is 754 g/mol. The topological polar surface area (TPSA) is 0 Å². The van der Waals surface area contributed by atoms with Gasteiger partial charge in [0.2, 0.25) is 0 Å². The maximum atomic E-state index is 2.44. The third-order valence-corrected chi connectivity index (χ3v) is 7.99. The predicted molar refractivity (Wildman–Crippen MR) is 163 cm³/mol. The molecule has 2 unspecified atom stereocenters. The smallest absolute Gasteiger partial charge is 1.00 e. The summed E-state index contributed by atoms with van der Waals surface area (Å²) in [6.07, 6.45) is 10.2. The first-order valence-electron chi connectivity index (χ1n) is 14.7. The van der Waals surface area contributed by atoms with Gasteiger partial charge in [-0.05, 0) is 11.8 Å². The molecule has 40 heavy (non-hydrogen) atoms. The van der Waals surface area contributed by atoms with Crippen LogP contribution in [-0.2, 0) is 48.7 Å². The number of benzene rings is 2. The molecule has 2 atom stereocenters. The third kappa shape index (κ3) is 9.41. The minimum Gasteiger partial charge on any atom is -1.00 e. The molecule has 0 N–H and O–H groups in total. The summed E-state index contributed by atoms with van der Waals surface area (Å²) in [4.78, 5) is 0. The van der Waals surface area contributed by atoms with Crippen molar-refractivity contribution >= 4 is 5.49 Å². The van der Waals surface area contributed by atoms with Crippen LogP contribution in [0.4, 0.5) is 0 Å². The Hall–Kier alpha value is -1.19. The summed E-state index contributed by atoms with van der Waals surface area (Å²) in [7, 11) is 0. The largest absolute Gasteiger partial charge is 1.00 e. The minimum absolute atomic E-state index is 0. The van der Waals surface area contributed by atoms with Crippen LogP contribution >= 0.6 is 0 Å². The van der Waals surface area contributed by atoms with Crippen LogP contribution < -0.4 is 24.8 Å². The molecule has 0 aliphatic heterocycles. The molecule has 4 heteroatoms. The van der Waals surface area contributed by atoms with Gasteiger partial charge in [0.25, 0.3) is 0 Å². The molecule has 4 aromatic rings. The van der Waals surface area contributed by atoms with Gasteiger partial charge in [-0.2, -0.15) is 45.5 Å². The molecule has 2 aliphatic rings. The van der Waals surface area contributed by atoms with Crippen molar-refractivity contribution < 1.29 is 47.8 Å². The van der Waals surface area contributed by atoms with Crippen LogP contribution in [0, 0.1) is 0 Å². The monoisotopic (exact) mass is 754 g/mol.